The first-order valence-electron chi connectivity index (χ1n) is 15.8. The first kappa shape index (κ1) is 36.6. The maximum atomic E-state index is 8.89. The number of nitrogens with zero attached hydrogens (tertiary/aromatic N) is 1. The Morgan fingerprint density at radius 2 is 0.629 bits per heavy atom. The van der Waals surface area contributed by atoms with Gasteiger partial charge in [-0.25, -0.2) is 0 Å². The summed E-state index contributed by atoms with van der Waals surface area (Å²) in [5.41, 5.74) is 0. The van der Waals surface area contributed by atoms with E-state index in [-0.39, 0.29) is 0 Å². The monoisotopic (exact) mass is 498 g/mol. The smallest absolute Gasteiger partial charge is 0.0782 e. The second-order valence-electron chi connectivity index (χ2n) is 11.7. The third-order valence-corrected chi connectivity index (χ3v) is 7.23. The van der Waals surface area contributed by atoms with Gasteiger partial charge in [-0.15, -0.1) is 0 Å². The lowest BCUT2D eigenvalue weighted by molar-refractivity contribution is -0.890. The molecule has 0 aliphatic rings. The van der Waals surface area contributed by atoms with Crippen LogP contribution < -0.4 is 5.11 Å². The van der Waals surface area contributed by atoms with Gasteiger partial charge in [0.15, 0.2) is 0 Å². The van der Waals surface area contributed by atoms with Crippen molar-refractivity contribution in [2.75, 3.05) is 27.2 Å². The van der Waals surface area contributed by atoms with E-state index in [1.165, 1.54) is 172 Å². The Kier molecular flexibility index (Phi) is 31.0. The highest BCUT2D eigenvalue weighted by Gasteiger charge is 2.13. The summed E-state index contributed by atoms with van der Waals surface area (Å²) < 4.78 is 1.25. The number of carbonyl (C=O) groups excluding carboxylic acids is 1. The summed E-state index contributed by atoms with van der Waals surface area (Å²) >= 11 is 0. The lowest BCUT2D eigenvalue weighted by Crippen LogP contribution is -2.41. The molecule has 0 aromatic carbocycles. The van der Waals surface area contributed by atoms with Gasteiger partial charge in [0.25, 0.3) is 0 Å². The highest BCUT2D eigenvalue weighted by molar-refractivity contribution is 5.60. The minimum Gasteiger partial charge on any atom is -0.550 e. The molecular formula is C32H67NO2. The summed E-state index contributed by atoms with van der Waals surface area (Å²) in [5, 5.41) is 8.89. The molecule has 0 radical (unpaired) electrons. The van der Waals surface area contributed by atoms with Gasteiger partial charge in [-0.3, -0.25) is 0 Å². The second-order valence-corrected chi connectivity index (χ2v) is 11.7. The number of hydrogen-bond donors (Lipinski definition) is 0. The van der Waals surface area contributed by atoms with Crippen molar-refractivity contribution in [2.45, 2.75) is 175 Å². The summed E-state index contributed by atoms with van der Waals surface area (Å²) in [5.74, 6) is -1.08. The van der Waals surface area contributed by atoms with Crippen molar-refractivity contribution in [1.29, 1.82) is 0 Å². The summed E-state index contributed by atoms with van der Waals surface area (Å²) in [6.07, 6.45) is 35.0. The molecule has 3 heteroatoms. The summed E-state index contributed by atoms with van der Waals surface area (Å²) in [4.78, 5) is 8.89. The molecule has 0 amide bonds. The predicted octanol–water partition coefficient (Wildman–Crippen LogP) is 9.22. The van der Waals surface area contributed by atoms with E-state index in [4.69, 9.17) is 9.90 Å². The number of aliphatic carboxylic acids is 1. The summed E-state index contributed by atoms with van der Waals surface area (Å²) in [6.45, 7) is 8.35. The Bertz CT molecular complexity index is 374. The van der Waals surface area contributed by atoms with Crippen molar-refractivity contribution in [3.05, 3.63) is 0 Å². The van der Waals surface area contributed by atoms with Crippen molar-refractivity contribution < 1.29 is 14.4 Å². The minimum atomic E-state index is -1.08. The average molecular weight is 498 g/mol. The number of hydrogen-bond acceptors (Lipinski definition) is 2. The molecule has 212 valence electrons. The lowest BCUT2D eigenvalue weighted by Gasteiger charge is -2.30. The molecule has 0 atom stereocenters. The van der Waals surface area contributed by atoms with Gasteiger partial charge in [-0.1, -0.05) is 142 Å². The van der Waals surface area contributed by atoms with Crippen molar-refractivity contribution in [3.63, 3.8) is 0 Å². The van der Waals surface area contributed by atoms with E-state index in [1.54, 1.807) is 0 Å². The SMILES string of the molecule is CC(=O)[O-].CCCCCCCCCCCCCC[N+](C)(C)CCCCCCCCCCCCCC. The largest absolute Gasteiger partial charge is 0.550 e. The Labute approximate surface area is 222 Å². The molecule has 0 spiro atoms. The second kappa shape index (κ2) is 29.7. The molecule has 0 aliphatic carbocycles. The molecule has 3 nitrogen and oxygen atoms in total. The minimum absolute atomic E-state index is 0.972. The zero-order valence-electron chi connectivity index (χ0n) is 25.1. The van der Waals surface area contributed by atoms with Crippen LogP contribution >= 0.6 is 0 Å². The van der Waals surface area contributed by atoms with E-state index in [2.05, 4.69) is 27.9 Å². The number of unbranched alkanes of at least 4 members (excludes halogenated alkanes) is 22. The lowest BCUT2D eigenvalue weighted by atomic mass is 10.0. The topological polar surface area (TPSA) is 40.1 Å². The predicted molar refractivity (Wildman–Crippen MR) is 155 cm³/mol. The quantitative estimate of drug-likeness (QED) is 0.0882. The average Bonchev–Trinajstić information content (AvgIpc) is 2.80. The van der Waals surface area contributed by atoms with Crippen LogP contribution in [-0.4, -0.2) is 37.6 Å². The zero-order chi connectivity index (χ0) is 26.5. The van der Waals surface area contributed by atoms with Gasteiger partial charge in [-0.05, 0) is 32.6 Å². The third-order valence-electron chi connectivity index (χ3n) is 7.23. The van der Waals surface area contributed by atoms with Gasteiger partial charge in [-0.2, -0.15) is 0 Å². The fourth-order valence-corrected chi connectivity index (χ4v) is 4.87. The standard InChI is InChI=1S/C30H64N.C2H4O2/c1-5-7-9-11-13-15-17-19-21-23-25-27-29-31(3,4)30-28-26-24-22-20-18-16-14-12-10-8-6-2;1-2(3)4/h5-30H2,1-4H3;1H3,(H,3,4)/q+1;/p-1. The van der Waals surface area contributed by atoms with Gasteiger partial charge in [0.1, 0.15) is 0 Å². The highest BCUT2D eigenvalue weighted by Crippen LogP contribution is 2.15. The van der Waals surface area contributed by atoms with Crippen LogP contribution in [0, 0.1) is 0 Å². The van der Waals surface area contributed by atoms with Crippen LogP contribution in [0.4, 0.5) is 0 Å². The molecular weight excluding hydrogens is 430 g/mol. The third kappa shape index (κ3) is 38.1. The summed E-state index contributed by atoms with van der Waals surface area (Å²) in [6, 6.07) is 0. The molecule has 0 bridgehead atoms. The molecule has 0 rings (SSSR count). The van der Waals surface area contributed by atoms with Crippen LogP contribution in [0.1, 0.15) is 175 Å². The van der Waals surface area contributed by atoms with Gasteiger partial charge >= 0.3 is 0 Å². The Balaban J connectivity index is 0. The van der Waals surface area contributed by atoms with E-state index in [9.17, 15) is 0 Å². The molecule has 0 saturated heterocycles. The first-order chi connectivity index (χ1) is 16.9. The van der Waals surface area contributed by atoms with E-state index < -0.39 is 5.97 Å². The van der Waals surface area contributed by atoms with Crippen molar-refractivity contribution in [1.82, 2.24) is 0 Å². The maximum absolute atomic E-state index is 8.89. The van der Waals surface area contributed by atoms with Crippen LogP contribution in [0.15, 0.2) is 0 Å². The van der Waals surface area contributed by atoms with Gasteiger partial charge in [0, 0.05) is 5.97 Å². The van der Waals surface area contributed by atoms with Crippen molar-refractivity contribution in [3.8, 4) is 0 Å². The van der Waals surface area contributed by atoms with Gasteiger partial charge in [0.05, 0.1) is 27.2 Å². The molecule has 0 heterocycles. The molecule has 0 unspecified atom stereocenters. The summed E-state index contributed by atoms with van der Waals surface area (Å²) in [7, 11) is 4.91. The molecule has 0 fully saturated rings. The molecule has 0 aliphatic heterocycles. The Morgan fingerprint density at radius 1 is 0.457 bits per heavy atom. The van der Waals surface area contributed by atoms with Gasteiger partial charge < -0.3 is 14.4 Å². The maximum Gasteiger partial charge on any atom is 0.0782 e. The number of rotatable bonds is 26. The van der Waals surface area contributed by atoms with Crippen molar-refractivity contribution in [2.24, 2.45) is 0 Å². The number of carboxylic acid groups (broad SMARTS) is 1. The first-order valence-corrected chi connectivity index (χ1v) is 15.8. The Morgan fingerprint density at radius 3 is 0.829 bits per heavy atom. The number of quaternary nitrogens is 1. The number of carboxylic acids is 1. The molecule has 0 N–H and O–H groups in total. The normalized spacial score (nSPS) is 11.3. The molecule has 0 aromatic heterocycles. The zero-order valence-corrected chi connectivity index (χ0v) is 25.1. The molecule has 35 heavy (non-hydrogen) atoms. The fraction of sp³-hybridized carbons (Fsp3) is 0.969. The van der Waals surface area contributed by atoms with Crippen LogP contribution in [0.5, 0.6) is 0 Å². The van der Waals surface area contributed by atoms with E-state index >= 15 is 0 Å². The van der Waals surface area contributed by atoms with Crippen LogP contribution in [0.2, 0.25) is 0 Å². The molecule has 0 aromatic rings. The fourth-order valence-electron chi connectivity index (χ4n) is 4.87. The Hall–Kier alpha value is -0.570. The van der Waals surface area contributed by atoms with Crippen LogP contribution in [0.3, 0.4) is 0 Å². The number of carbonyl (C=O) groups is 1. The van der Waals surface area contributed by atoms with Gasteiger partial charge in [0.2, 0.25) is 0 Å². The van der Waals surface area contributed by atoms with E-state index in [1.807, 2.05) is 0 Å². The van der Waals surface area contributed by atoms with E-state index in [0.29, 0.717) is 0 Å². The van der Waals surface area contributed by atoms with Crippen LogP contribution in [-0.2, 0) is 4.79 Å². The highest BCUT2D eigenvalue weighted by atomic mass is 16.4. The van der Waals surface area contributed by atoms with Crippen molar-refractivity contribution >= 4 is 5.97 Å². The van der Waals surface area contributed by atoms with E-state index in [0.717, 1.165) is 6.92 Å². The molecule has 0 saturated carbocycles. The van der Waals surface area contributed by atoms with Crippen LogP contribution in [0.25, 0.3) is 0 Å².